The lowest BCUT2D eigenvalue weighted by Crippen LogP contribution is -2.48. The van der Waals surface area contributed by atoms with Crippen LogP contribution in [0.4, 0.5) is 5.69 Å². The molecule has 1 atom stereocenters. The van der Waals surface area contributed by atoms with E-state index in [2.05, 4.69) is 15.6 Å². The van der Waals surface area contributed by atoms with Gasteiger partial charge >= 0.3 is 5.76 Å². The SMILES string of the molecule is CC(C(=O)Nc1ccc2oc(=O)[nH]c2c1)C1CNC1. The van der Waals surface area contributed by atoms with E-state index in [1.54, 1.807) is 18.2 Å². The minimum atomic E-state index is -0.493. The molecule has 0 saturated carbocycles. The molecule has 1 aromatic carbocycles. The van der Waals surface area contributed by atoms with E-state index in [-0.39, 0.29) is 11.8 Å². The zero-order valence-corrected chi connectivity index (χ0v) is 10.5. The lowest BCUT2D eigenvalue weighted by atomic mass is 9.88. The van der Waals surface area contributed by atoms with Crippen molar-refractivity contribution in [1.29, 1.82) is 0 Å². The van der Waals surface area contributed by atoms with Crippen molar-refractivity contribution in [3.05, 3.63) is 28.7 Å². The van der Waals surface area contributed by atoms with Crippen molar-refractivity contribution >= 4 is 22.7 Å². The Morgan fingerprint density at radius 3 is 2.95 bits per heavy atom. The van der Waals surface area contributed by atoms with Crippen LogP contribution in [0.3, 0.4) is 0 Å². The van der Waals surface area contributed by atoms with Gasteiger partial charge in [-0.3, -0.25) is 9.78 Å². The maximum absolute atomic E-state index is 12.1. The molecule has 0 bridgehead atoms. The van der Waals surface area contributed by atoms with E-state index in [1.165, 1.54) is 0 Å². The molecule has 1 unspecified atom stereocenters. The van der Waals surface area contributed by atoms with E-state index in [4.69, 9.17) is 4.42 Å². The first-order valence-corrected chi connectivity index (χ1v) is 6.28. The van der Waals surface area contributed by atoms with E-state index < -0.39 is 5.76 Å². The molecule has 1 aliphatic rings. The molecular formula is C13H15N3O3. The van der Waals surface area contributed by atoms with Crippen molar-refractivity contribution < 1.29 is 9.21 Å². The maximum atomic E-state index is 12.1. The van der Waals surface area contributed by atoms with Crippen molar-refractivity contribution in [2.24, 2.45) is 11.8 Å². The zero-order chi connectivity index (χ0) is 13.4. The first-order chi connectivity index (χ1) is 9.13. The lowest BCUT2D eigenvalue weighted by Gasteiger charge is -2.31. The fraction of sp³-hybridized carbons (Fsp3) is 0.385. The molecule has 100 valence electrons. The molecule has 0 radical (unpaired) electrons. The van der Waals surface area contributed by atoms with Gasteiger partial charge in [0.05, 0.1) is 5.52 Å². The van der Waals surface area contributed by atoms with Gasteiger partial charge < -0.3 is 15.1 Å². The standard InChI is InChI=1S/C13H15N3O3/c1-7(8-5-14-6-8)12(17)15-9-2-3-11-10(4-9)16-13(18)19-11/h2-4,7-8,14H,5-6H2,1H3,(H,15,17)(H,16,18). The Hall–Kier alpha value is -2.08. The van der Waals surface area contributed by atoms with Gasteiger partial charge in [-0.1, -0.05) is 6.92 Å². The molecule has 19 heavy (non-hydrogen) atoms. The molecular weight excluding hydrogens is 246 g/mol. The Balaban J connectivity index is 1.76. The fourth-order valence-electron chi connectivity index (χ4n) is 2.16. The summed E-state index contributed by atoms with van der Waals surface area (Å²) in [5, 5.41) is 6.02. The number of anilines is 1. The van der Waals surface area contributed by atoms with Crippen molar-refractivity contribution in [1.82, 2.24) is 10.3 Å². The number of carbonyl (C=O) groups excluding carboxylic acids is 1. The molecule has 1 fully saturated rings. The predicted molar refractivity (Wildman–Crippen MR) is 71.0 cm³/mol. The second kappa shape index (κ2) is 4.55. The molecule has 2 heterocycles. The third-order valence-electron chi connectivity index (χ3n) is 3.62. The minimum Gasteiger partial charge on any atom is -0.408 e. The van der Waals surface area contributed by atoms with Crippen LogP contribution < -0.4 is 16.4 Å². The Labute approximate surface area is 109 Å². The topological polar surface area (TPSA) is 87.1 Å². The molecule has 0 aliphatic carbocycles. The highest BCUT2D eigenvalue weighted by Crippen LogP contribution is 2.20. The van der Waals surface area contributed by atoms with Gasteiger partial charge in [-0.15, -0.1) is 0 Å². The summed E-state index contributed by atoms with van der Waals surface area (Å²) in [5.41, 5.74) is 1.73. The Morgan fingerprint density at radius 2 is 2.26 bits per heavy atom. The number of H-pyrrole nitrogens is 1. The molecule has 3 rings (SSSR count). The van der Waals surface area contributed by atoms with Crippen LogP contribution >= 0.6 is 0 Å². The molecule has 1 amide bonds. The van der Waals surface area contributed by atoms with Crippen LogP contribution in [0.15, 0.2) is 27.4 Å². The number of rotatable bonds is 3. The van der Waals surface area contributed by atoms with E-state index in [0.717, 1.165) is 13.1 Å². The Morgan fingerprint density at radius 1 is 1.47 bits per heavy atom. The van der Waals surface area contributed by atoms with Gasteiger partial charge in [-0.05, 0) is 37.2 Å². The summed E-state index contributed by atoms with van der Waals surface area (Å²) in [5.74, 6) is -0.123. The van der Waals surface area contributed by atoms with Crippen molar-refractivity contribution in [3.63, 3.8) is 0 Å². The number of aromatic nitrogens is 1. The highest BCUT2D eigenvalue weighted by atomic mass is 16.4. The van der Waals surface area contributed by atoms with Crippen LogP contribution in [0, 0.1) is 11.8 Å². The molecule has 6 heteroatoms. The van der Waals surface area contributed by atoms with E-state index in [0.29, 0.717) is 22.7 Å². The van der Waals surface area contributed by atoms with Gasteiger partial charge in [0.2, 0.25) is 5.91 Å². The van der Waals surface area contributed by atoms with Gasteiger partial charge in [0.25, 0.3) is 0 Å². The number of nitrogens with one attached hydrogen (secondary N) is 3. The summed E-state index contributed by atoms with van der Waals surface area (Å²) >= 11 is 0. The number of aromatic amines is 1. The fourth-order valence-corrected chi connectivity index (χ4v) is 2.16. The average molecular weight is 261 g/mol. The molecule has 3 N–H and O–H groups in total. The van der Waals surface area contributed by atoms with Gasteiger partial charge in [0.15, 0.2) is 5.58 Å². The lowest BCUT2D eigenvalue weighted by molar-refractivity contribution is -0.121. The second-order valence-corrected chi connectivity index (χ2v) is 4.92. The first-order valence-electron chi connectivity index (χ1n) is 6.28. The number of fused-ring (bicyclic) bond motifs is 1. The summed E-state index contributed by atoms with van der Waals surface area (Å²) in [6.45, 7) is 3.71. The third-order valence-corrected chi connectivity index (χ3v) is 3.62. The summed E-state index contributed by atoms with van der Waals surface area (Å²) in [4.78, 5) is 25.7. The smallest absolute Gasteiger partial charge is 0.408 e. The van der Waals surface area contributed by atoms with E-state index in [1.807, 2.05) is 6.92 Å². The molecule has 1 saturated heterocycles. The number of amides is 1. The summed E-state index contributed by atoms with van der Waals surface area (Å²) < 4.78 is 4.91. The number of benzene rings is 1. The van der Waals surface area contributed by atoms with Gasteiger partial charge in [-0.25, -0.2) is 4.79 Å². The number of hydrogen-bond donors (Lipinski definition) is 3. The van der Waals surface area contributed by atoms with Crippen LogP contribution in [0.2, 0.25) is 0 Å². The largest absolute Gasteiger partial charge is 0.417 e. The monoisotopic (exact) mass is 261 g/mol. The van der Waals surface area contributed by atoms with Gasteiger partial charge in [0.1, 0.15) is 0 Å². The van der Waals surface area contributed by atoms with Gasteiger partial charge in [0, 0.05) is 11.6 Å². The first kappa shape index (κ1) is 12.0. The van der Waals surface area contributed by atoms with E-state index in [9.17, 15) is 9.59 Å². The highest BCUT2D eigenvalue weighted by molar-refractivity contribution is 5.94. The molecule has 0 spiro atoms. The Kier molecular flexibility index (Phi) is 2.87. The Bertz CT molecular complexity index is 669. The van der Waals surface area contributed by atoms with Crippen LogP contribution in [-0.2, 0) is 4.79 Å². The number of carbonyl (C=O) groups is 1. The van der Waals surface area contributed by atoms with Gasteiger partial charge in [-0.2, -0.15) is 0 Å². The molecule has 1 aliphatic heterocycles. The normalized spacial score (nSPS) is 17.1. The van der Waals surface area contributed by atoms with Crippen LogP contribution in [0.5, 0.6) is 0 Å². The van der Waals surface area contributed by atoms with E-state index >= 15 is 0 Å². The van der Waals surface area contributed by atoms with Crippen LogP contribution in [-0.4, -0.2) is 24.0 Å². The second-order valence-electron chi connectivity index (χ2n) is 4.92. The summed E-state index contributed by atoms with van der Waals surface area (Å²) in [6, 6.07) is 5.09. The van der Waals surface area contributed by atoms with Crippen LogP contribution in [0.1, 0.15) is 6.92 Å². The van der Waals surface area contributed by atoms with Crippen molar-refractivity contribution in [3.8, 4) is 0 Å². The number of oxazole rings is 1. The van der Waals surface area contributed by atoms with Crippen molar-refractivity contribution in [2.75, 3.05) is 18.4 Å². The molecule has 6 nitrogen and oxygen atoms in total. The predicted octanol–water partition coefficient (Wildman–Crippen LogP) is 0.915. The average Bonchev–Trinajstić information content (AvgIpc) is 2.66. The molecule has 2 aromatic rings. The maximum Gasteiger partial charge on any atom is 0.417 e. The third kappa shape index (κ3) is 2.26. The summed E-state index contributed by atoms with van der Waals surface area (Å²) in [6.07, 6.45) is 0. The highest BCUT2D eigenvalue weighted by Gasteiger charge is 2.28. The zero-order valence-electron chi connectivity index (χ0n) is 10.5. The van der Waals surface area contributed by atoms with Crippen LogP contribution in [0.25, 0.3) is 11.1 Å². The minimum absolute atomic E-state index is 0.00306. The summed E-state index contributed by atoms with van der Waals surface area (Å²) in [7, 11) is 0. The van der Waals surface area contributed by atoms with Crippen molar-refractivity contribution in [2.45, 2.75) is 6.92 Å². The number of hydrogen-bond acceptors (Lipinski definition) is 4. The molecule has 1 aromatic heterocycles. The quantitative estimate of drug-likeness (QED) is 0.766.